The fourth-order valence-electron chi connectivity index (χ4n) is 4.39. The van der Waals surface area contributed by atoms with Crippen molar-refractivity contribution in [3.63, 3.8) is 0 Å². The van der Waals surface area contributed by atoms with Crippen LogP contribution < -0.4 is 10.9 Å². The Morgan fingerprint density at radius 2 is 1.82 bits per heavy atom. The highest BCUT2D eigenvalue weighted by Gasteiger charge is 2.29. The SMILES string of the molecule is O=c1ccc2cnc(NC3CCCCCC3)nc2n1CCCS(=O)(=O)n1cnc(C2CC2)n1. The summed E-state index contributed by atoms with van der Waals surface area (Å²) in [5, 5.41) is 8.30. The normalized spacial score (nSPS) is 17.8. The van der Waals surface area contributed by atoms with Crippen LogP contribution in [0.15, 0.2) is 29.5 Å². The lowest BCUT2D eigenvalue weighted by atomic mass is 10.1. The van der Waals surface area contributed by atoms with Gasteiger partial charge in [-0.25, -0.2) is 18.4 Å². The van der Waals surface area contributed by atoms with Crippen LogP contribution >= 0.6 is 0 Å². The van der Waals surface area contributed by atoms with E-state index in [1.165, 1.54) is 42.6 Å². The highest BCUT2D eigenvalue weighted by Crippen LogP contribution is 2.37. The number of aromatic nitrogens is 6. The van der Waals surface area contributed by atoms with Gasteiger partial charge in [-0.1, -0.05) is 25.7 Å². The first-order chi connectivity index (χ1) is 16.0. The van der Waals surface area contributed by atoms with Crippen LogP contribution in [0.2, 0.25) is 0 Å². The maximum absolute atomic E-state index is 12.7. The van der Waals surface area contributed by atoms with Gasteiger partial charge in [0.05, 0.1) is 5.75 Å². The van der Waals surface area contributed by atoms with E-state index in [0.717, 1.165) is 35.2 Å². The van der Waals surface area contributed by atoms with Crippen LogP contribution in [0.4, 0.5) is 5.95 Å². The molecular weight excluding hydrogens is 442 g/mol. The Morgan fingerprint density at radius 1 is 1.03 bits per heavy atom. The number of pyridine rings is 1. The van der Waals surface area contributed by atoms with Gasteiger partial charge in [-0.2, -0.15) is 4.98 Å². The molecule has 0 atom stereocenters. The van der Waals surface area contributed by atoms with Gasteiger partial charge in [0.2, 0.25) is 5.95 Å². The average molecular weight is 472 g/mol. The third kappa shape index (κ3) is 5.07. The van der Waals surface area contributed by atoms with E-state index in [1.54, 1.807) is 12.3 Å². The summed E-state index contributed by atoms with van der Waals surface area (Å²) < 4.78 is 27.8. The molecule has 2 aliphatic rings. The van der Waals surface area contributed by atoms with Crippen molar-refractivity contribution < 1.29 is 8.42 Å². The molecule has 0 aliphatic heterocycles. The zero-order valence-corrected chi connectivity index (χ0v) is 19.4. The molecule has 0 saturated heterocycles. The molecule has 176 valence electrons. The number of nitrogens with one attached hydrogen (secondary N) is 1. The molecule has 0 radical (unpaired) electrons. The average Bonchev–Trinajstić information content (AvgIpc) is 3.58. The Labute approximate surface area is 192 Å². The zero-order valence-electron chi connectivity index (χ0n) is 18.6. The lowest BCUT2D eigenvalue weighted by Crippen LogP contribution is -2.24. The standard InChI is InChI=1S/C22H29N7O3S/c30-19-11-10-17-14-23-22(25-18-6-3-1-2-4-7-18)26-21(17)28(19)12-5-13-33(31,32)29-15-24-20(27-29)16-8-9-16/h10-11,14-16,18H,1-9,12-13H2,(H,23,25,26). The first-order valence-electron chi connectivity index (χ1n) is 11.8. The highest BCUT2D eigenvalue weighted by molar-refractivity contribution is 7.89. The maximum Gasteiger partial charge on any atom is 0.255 e. The molecule has 5 rings (SSSR count). The van der Waals surface area contributed by atoms with Crippen molar-refractivity contribution in [1.82, 2.24) is 28.7 Å². The maximum atomic E-state index is 12.7. The fraction of sp³-hybridized carbons (Fsp3) is 0.591. The van der Waals surface area contributed by atoms with Gasteiger partial charge in [0.15, 0.2) is 5.82 Å². The summed E-state index contributed by atoms with van der Waals surface area (Å²) >= 11 is 0. The molecule has 2 aliphatic carbocycles. The lowest BCUT2D eigenvalue weighted by molar-refractivity contribution is 0.569. The second-order valence-corrected chi connectivity index (χ2v) is 11.0. The molecule has 0 aromatic carbocycles. The molecule has 11 heteroatoms. The molecule has 0 unspecified atom stereocenters. The predicted molar refractivity (Wildman–Crippen MR) is 125 cm³/mol. The van der Waals surface area contributed by atoms with Crippen LogP contribution in [-0.4, -0.2) is 48.9 Å². The summed E-state index contributed by atoms with van der Waals surface area (Å²) in [6.07, 6.45) is 12.3. The largest absolute Gasteiger partial charge is 0.351 e. The Hall–Kier alpha value is -2.82. The lowest BCUT2D eigenvalue weighted by Gasteiger charge is -2.17. The second kappa shape index (κ2) is 9.20. The number of anilines is 1. The van der Waals surface area contributed by atoms with Crippen molar-refractivity contribution in [3.05, 3.63) is 40.8 Å². The van der Waals surface area contributed by atoms with Gasteiger partial charge >= 0.3 is 0 Å². The van der Waals surface area contributed by atoms with Crippen LogP contribution in [0, 0.1) is 0 Å². The van der Waals surface area contributed by atoms with Crippen LogP contribution in [0.25, 0.3) is 11.0 Å². The number of aryl methyl sites for hydroxylation is 1. The Kier molecular flexibility index (Phi) is 6.13. The molecule has 2 saturated carbocycles. The second-order valence-electron chi connectivity index (χ2n) is 9.05. The highest BCUT2D eigenvalue weighted by atomic mass is 32.2. The zero-order chi connectivity index (χ0) is 22.8. The monoisotopic (exact) mass is 471 g/mol. The molecule has 0 spiro atoms. The van der Waals surface area contributed by atoms with Crippen LogP contribution in [0.1, 0.15) is 69.5 Å². The van der Waals surface area contributed by atoms with Crippen molar-refractivity contribution in [2.75, 3.05) is 11.1 Å². The Morgan fingerprint density at radius 3 is 2.58 bits per heavy atom. The molecule has 0 amide bonds. The number of fused-ring (bicyclic) bond motifs is 1. The molecule has 3 aromatic heterocycles. The molecule has 0 bridgehead atoms. The van der Waals surface area contributed by atoms with Gasteiger partial charge in [-0.3, -0.25) is 9.36 Å². The molecule has 3 aromatic rings. The van der Waals surface area contributed by atoms with Gasteiger partial charge in [-0.15, -0.1) is 9.19 Å². The molecule has 10 nitrogen and oxygen atoms in total. The third-order valence-electron chi connectivity index (χ3n) is 6.41. The van der Waals surface area contributed by atoms with E-state index in [-0.39, 0.29) is 30.2 Å². The Balaban J connectivity index is 1.31. The minimum atomic E-state index is -3.63. The fourth-order valence-corrected chi connectivity index (χ4v) is 5.47. The summed E-state index contributed by atoms with van der Waals surface area (Å²) in [6, 6.07) is 3.51. The van der Waals surface area contributed by atoms with Crippen molar-refractivity contribution in [1.29, 1.82) is 0 Å². The van der Waals surface area contributed by atoms with Gasteiger partial charge in [0.25, 0.3) is 15.6 Å². The molecule has 2 fully saturated rings. The quantitative estimate of drug-likeness (QED) is 0.497. The summed E-state index contributed by atoms with van der Waals surface area (Å²) in [5.41, 5.74) is 0.304. The number of rotatable bonds is 8. The summed E-state index contributed by atoms with van der Waals surface area (Å²) in [5.74, 6) is 1.25. The van der Waals surface area contributed by atoms with Crippen molar-refractivity contribution in [2.45, 2.75) is 76.3 Å². The van der Waals surface area contributed by atoms with E-state index >= 15 is 0 Å². The number of nitrogens with zero attached hydrogens (tertiary/aromatic N) is 6. The van der Waals surface area contributed by atoms with Crippen LogP contribution in [0.5, 0.6) is 0 Å². The third-order valence-corrected chi connectivity index (χ3v) is 7.96. The van der Waals surface area contributed by atoms with E-state index in [2.05, 4.69) is 25.4 Å². The van der Waals surface area contributed by atoms with E-state index in [4.69, 9.17) is 0 Å². The number of hydrogen-bond donors (Lipinski definition) is 1. The van der Waals surface area contributed by atoms with Crippen molar-refractivity contribution in [2.24, 2.45) is 0 Å². The van der Waals surface area contributed by atoms with E-state index in [1.807, 2.05) is 0 Å². The predicted octanol–water partition coefficient (Wildman–Crippen LogP) is 2.66. The molecule has 1 N–H and O–H groups in total. The Bertz CT molecular complexity index is 1290. The van der Waals surface area contributed by atoms with Crippen molar-refractivity contribution in [3.8, 4) is 0 Å². The minimum absolute atomic E-state index is 0.137. The molecule has 3 heterocycles. The number of hydrogen-bond acceptors (Lipinski definition) is 8. The topological polar surface area (TPSA) is 125 Å². The van der Waals surface area contributed by atoms with Crippen molar-refractivity contribution >= 4 is 27.0 Å². The van der Waals surface area contributed by atoms with Crippen LogP contribution in [-0.2, 0) is 16.6 Å². The van der Waals surface area contributed by atoms with E-state index in [9.17, 15) is 13.2 Å². The minimum Gasteiger partial charge on any atom is -0.351 e. The van der Waals surface area contributed by atoms with Gasteiger partial charge in [0, 0.05) is 36.2 Å². The van der Waals surface area contributed by atoms with Gasteiger partial charge in [0.1, 0.15) is 12.0 Å². The summed E-state index contributed by atoms with van der Waals surface area (Å²) in [6.45, 7) is 0.236. The van der Waals surface area contributed by atoms with E-state index in [0.29, 0.717) is 23.5 Å². The summed E-state index contributed by atoms with van der Waals surface area (Å²) in [4.78, 5) is 25.8. The smallest absolute Gasteiger partial charge is 0.255 e. The first-order valence-corrected chi connectivity index (χ1v) is 13.4. The molecular formula is C22H29N7O3S. The van der Waals surface area contributed by atoms with Crippen LogP contribution in [0.3, 0.4) is 0 Å². The molecule has 33 heavy (non-hydrogen) atoms. The van der Waals surface area contributed by atoms with E-state index < -0.39 is 10.0 Å². The first kappa shape index (κ1) is 22.0. The van der Waals surface area contributed by atoms with Gasteiger partial charge in [-0.05, 0) is 38.2 Å². The van der Waals surface area contributed by atoms with Gasteiger partial charge < -0.3 is 5.32 Å². The summed E-state index contributed by atoms with van der Waals surface area (Å²) in [7, 11) is -3.63.